The molecule has 1 aromatic carbocycles. The average molecular weight is 415 g/mol. The SMILES string of the molecule is CCOC(=O)C1CCN(Cc2nc3scc(-c4ccc(F)cc4)c3c(=O)[nH]2)CC1. The van der Waals surface area contributed by atoms with E-state index in [1.807, 2.05) is 12.3 Å². The highest BCUT2D eigenvalue weighted by molar-refractivity contribution is 7.17. The van der Waals surface area contributed by atoms with Crippen LogP contribution < -0.4 is 5.56 Å². The van der Waals surface area contributed by atoms with Gasteiger partial charge < -0.3 is 9.72 Å². The molecule has 1 saturated heterocycles. The number of benzene rings is 1. The van der Waals surface area contributed by atoms with Crippen molar-refractivity contribution in [1.82, 2.24) is 14.9 Å². The lowest BCUT2D eigenvalue weighted by Gasteiger charge is -2.30. The molecule has 0 aliphatic carbocycles. The molecule has 1 aliphatic rings. The average Bonchev–Trinajstić information content (AvgIpc) is 3.14. The maximum absolute atomic E-state index is 13.2. The van der Waals surface area contributed by atoms with Gasteiger partial charge in [0.1, 0.15) is 16.5 Å². The van der Waals surface area contributed by atoms with Crippen molar-refractivity contribution in [2.45, 2.75) is 26.3 Å². The highest BCUT2D eigenvalue weighted by atomic mass is 32.1. The minimum atomic E-state index is -0.311. The topological polar surface area (TPSA) is 75.3 Å². The molecule has 1 aliphatic heterocycles. The number of aromatic nitrogens is 2. The Hall–Kier alpha value is -2.58. The predicted molar refractivity (Wildman–Crippen MR) is 110 cm³/mol. The number of carbonyl (C=O) groups excluding carboxylic acids is 1. The number of rotatable bonds is 5. The normalized spacial score (nSPS) is 15.7. The molecule has 6 nitrogen and oxygen atoms in total. The maximum atomic E-state index is 13.2. The summed E-state index contributed by atoms with van der Waals surface area (Å²) in [6.07, 6.45) is 1.50. The Morgan fingerprint density at radius 2 is 2.03 bits per heavy atom. The van der Waals surface area contributed by atoms with Crippen LogP contribution in [0.2, 0.25) is 0 Å². The number of H-pyrrole nitrogens is 1. The number of fused-ring (bicyclic) bond motifs is 1. The van der Waals surface area contributed by atoms with E-state index >= 15 is 0 Å². The van der Waals surface area contributed by atoms with Crippen molar-refractivity contribution in [3.8, 4) is 11.1 Å². The van der Waals surface area contributed by atoms with E-state index in [0.29, 0.717) is 29.2 Å². The van der Waals surface area contributed by atoms with Crippen LogP contribution in [-0.4, -0.2) is 40.5 Å². The minimum Gasteiger partial charge on any atom is -0.466 e. The Morgan fingerprint density at radius 3 is 2.72 bits per heavy atom. The molecule has 3 heterocycles. The molecule has 0 amide bonds. The van der Waals surface area contributed by atoms with Gasteiger partial charge in [-0.15, -0.1) is 11.3 Å². The second-order valence-corrected chi connectivity index (χ2v) is 8.01. The van der Waals surface area contributed by atoms with Gasteiger partial charge in [0, 0.05) is 10.9 Å². The molecule has 29 heavy (non-hydrogen) atoms. The van der Waals surface area contributed by atoms with Crippen molar-refractivity contribution in [3.05, 3.63) is 51.6 Å². The van der Waals surface area contributed by atoms with Gasteiger partial charge in [-0.1, -0.05) is 12.1 Å². The van der Waals surface area contributed by atoms with Gasteiger partial charge in [-0.2, -0.15) is 0 Å². The Balaban J connectivity index is 1.50. The molecule has 8 heteroatoms. The molecule has 1 fully saturated rings. The fourth-order valence-electron chi connectivity index (χ4n) is 3.71. The summed E-state index contributed by atoms with van der Waals surface area (Å²) in [6.45, 7) is 4.28. The lowest BCUT2D eigenvalue weighted by atomic mass is 9.97. The van der Waals surface area contributed by atoms with E-state index in [0.717, 1.165) is 37.1 Å². The molecule has 0 spiro atoms. The lowest BCUT2D eigenvalue weighted by molar-refractivity contribution is -0.149. The minimum absolute atomic E-state index is 0.0451. The Bertz CT molecular complexity index is 1070. The number of carbonyl (C=O) groups is 1. The maximum Gasteiger partial charge on any atom is 0.309 e. The van der Waals surface area contributed by atoms with Crippen molar-refractivity contribution >= 4 is 27.5 Å². The zero-order chi connectivity index (χ0) is 20.4. The molecule has 0 saturated carbocycles. The van der Waals surface area contributed by atoms with Gasteiger partial charge in [0.05, 0.1) is 24.5 Å². The first-order chi connectivity index (χ1) is 14.0. The first kappa shape index (κ1) is 19.7. The summed E-state index contributed by atoms with van der Waals surface area (Å²) in [5.74, 6) is 0.141. The van der Waals surface area contributed by atoms with Gasteiger partial charge >= 0.3 is 5.97 Å². The summed E-state index contributed by atoms with van der Waals surface area (Å²) in [6, 6.07) is 6.10. The highest BCUT2D eigenvalue weighted by Crippen LogP contribution is 2.31. The number of aromatic amines is 1. The van der Waals surface area contributed by atoms with Crippen LogP contribution in [0.5, 0.6) is 0 Å². The molecule has 0 unspecified atom stereocenters. The van der Waals surface area contributed by atoms with Crippen molar-refractivity contribution < 1.29 is 13.9 Å². The van der Waals surface area contributed by atoms with Crippen LogP contribution in [0.15, 0.2) is 34.4 Å². The zero-order valence-corrected chi connectivity index (χ0v) is 16.9. The number of hydrogen-bond acceptors (Lipinski definition) is 6. The van der Waals surface area contributed by atoms with Gasteiger partial charge in [0.15, 0.2) is 0 Å². The van der Waals surface area contributed by atoms with E-state index < -0.39 is 0 Å². The van der Waals surface area contributed by atoms with Crippen LogP contribution in [0.4, 0.5) is 4.39 Å². The van der Waals surface area contributed by atoms with Crippen LogP contribution in [0.1, 0.15) is 25.6 Å². The Labute approximate surface area is 171 Å². The quantitative estimate of drug-likeness (QED) is 0.645. The summed E-state index contributed by atoms with van der Waals surface area (Å²) in [5, 5.41) is 2.42. The first-order valence-electron chi connectivity index (χ1n) is 9.70. The summed E-state index contributed by atoms with van der Waals surface area (Å²) in [7, 11) is 0. The van der Waals surface area contributed by atoms with E-state index in [9.17, 15) is 14.0 Å². The number of ether oxygens (including phenoxy) is 1. The molecular weight excluding hydrogens is 393 g/mol. The van der Waals surface area contributed by atoms with Gasteiger partial charge in [-0.05, 0) is 50.6 Å². The number of hydrogen-bond donors (Lipinski definition) is 1. The van der Waals surface area contributed by atoms with Crippen LogP contribution >= 0.6 is 11.3 Å². The summed E-state index contributed by atoms with van der Waals surface area (Å²) in [5.41, 5.74) is 1.37. The molecule has 4 rings (SSSR count). The first-order valence-corrected chi connectivity index (χ1v) is 10.6. The van der Waals surface area contributed by atoms with Crippen LogP contribution in [-0.2, 0) is 16.1 Å². The van der Waals surface area contributed by atoms with Crippen molar-refractivity contribution in [2.24, 2.45) is 5.92 Å². The van der Waals surface area contributed by atoms with Gasteiger partial charge in [0.2, 0.25) is 0 Å². The fourth-order valence-corrected chi connectivity index (χ4v) is 4.68. The molecule has 1 N–H and O–H groups in total. The molecule has 2 aromatic heterocycles. The van der Waals surface area contributed by atoms with Crippen LogP contribution in [0.25, 0.3) is 21.3 Å². The monoisotopic (exact) mass is 415 g/mol. The Kier molecular flexibility index (Phi) is 5.73. The number of nitrogens with one attached hydrogen (secondary N) is 1. The highest BCUT2D eigenvalue weighted by Gasteiger charge is 2.26. The number of nitrogens with zero attached hydrogens (tertiary/aromatic N) is 2. The van der Waals surface area contributed by atoms with Gasteiger partial charge in [-0.25, -0.2) is 9.37 Å². The summed E-state index contributed by atoms with van der Waals surface area (Å²) >= 11 is 1.41. The van der Waals surface area contributed by atoms with E-state index in [1.165, 1.54) is 23.5 Å². The van der Waals surface area contributed by atoms with E-state index in [4.69, 9.17) is 4.74 Å². The van der Waals surface area contributed by atoms with Crippen LogP contribution in [0.3, 0.4) is 0 Å². The molecule has 0 atom stereocenters. The van der Waals surface area contributed by atoms with E-state index in [-0.39, 0.29) is 23.3 Å². The number of piperidine rings is 1. The van der Waals surface area contributed by atoms with E-state index in [2.05, 4.69) is 14.9 Å². The third-order valence-corrected chi connectivity index (χ3v) is 6.10. The predicted octanol–water partition coefficient (Wildman–Crippen LogP) is 3.57. The van der Waals surface area contributed by atoms with Crippen molar-refractivity contribution in [1.29, 1.82) is 0 Å². The lowest BCUT2D eigenvalue weighted by Crippen LogP contribution is -2.37. The van der Waals surface area contributed by atoms with Gasteiger partial charge in [-0.3, -0.25) is 14.5 Å². The molecule has 0 radical (unpaired) electrons. The Morgan fingerprint density at radius 1 is 1.31 bits per heavy atom. The largest absolute Gasteiger partial charge is 0.466 e. The number of likely N-dealkylation sites (tertiary alicyclic amines) is 1. The van der Waals surface area contributed by atoms with Crippen molar-refractivity contribution in [2.75, 3.05) is 19.7 Å². The second-order valence-electron chi connectivity index (χ2n) is 7.15. The van der Waals surface area contributed by atoms with Crippen molar-refractivity contribution in [3.63, 3.8) is 0 Å². The standard InChI is InChI=1S/C21H22FN3O3S/c1-2-28-21(27)14-7-9-25(10-8-14)11-17-23-19(26)18-16(12-29-20(18)24-17)13-3-5-15(22)6-4-13/h3-6,12,14H,2,7-11H2,1H3,(H,23,24,26). The zero-order valence-electron chi connectivity index (χ0n) is 16.1. The van der Waals surface area contributed by atoms with E-state index in [1.54, 1.807) is 12.1 Å². The number of thiophene rings is 1. The van der Waals surface area contributed by atoms with Crippen LogP contribution in [0, 0.1) is 11.7 Å². The summed E-state index contributed by atoms with van der Waals surface area (Å²) in [4.78, 5) is 35.0. The number of halogens is 1. The summed E-state index contributed by atoms with van der Waals surface area (Å²) < 4.78 is 18.3. The molecule has 3 aromatic rings. The molecule has 152 valence electrons. The molecular formula is C21H22FN3O3S. The van der Waals surface area contributed by atoms with Gasteiger partial charge in [0.25, 0.3) is 5.56 Å². The number of esters is 1. The third-order valence-electron chi connectivity index (χ3n) is 5.23. The third kappa shape index (κ3) is 4.23. The second kappa shape index (κ2) is 8.42. The molecule has 0 bridgehead atoms. The fraction of sp³-hybridized carbons (Fsp3) is 0.381. The smallest absolute Gasteiger partial charge is 0.309 e.